The highest BCUT2D eigenvalue weighted by molar-refractivity contribution is 6.01. The number of aliphatic carboxylic acids is 1. The van der Waals surface area contributed by atoms with E-state index in [0.29, 0.717) is 12.8 Å². The van der Waals surface area contributed by atoms with Gasteiger partial charge < -0.3 is 112 Å². The molecule has 41 heteroatoms. The van der Waals surface area contributed by atoms with Gasteiger partial charge in [0.25, 0.3) is 0 Å². The summed E-state index contributed by atoms with van der Waals surface area (Å²) in [5.41, 5.74) is 22.1. The summed E-state index contributed by atoms with van der Waals surface area (Å²) in [7, 11) is 0. The van der Waals surface area contributed by atoms with Crippen molar-refractivity contribution in [2.75, 3.05) is 6.61 Å². The number of aliphatic hydroxyl groups is 1. The Morgan fingerprint density at radius 3 is 1.24 bits per heavy atom. The van der Waals surface area contributed by atoms with Crippen LogP contribution in [0, 0.1) is 41.4 Å². The highest BCUT2D eigenvalue weighted by Gasteiger charge is 2.41. The molecule has 0 saturated carbocycles. The number of nitrogens with two attached hydrogens (primary N) is 4. The summed E-state index contributed by atoms with van der Waals surface area (Å²) in [6.45, 7) is 24.9. The summed E-state index contributed by atoms with van der Waals surface area (Å²) in [5.74, 6) is -25.0. The number of aliphatic hydroxyl groups excluding tert-OH is 1. The van der Waals surface area contributed by atoms with Crippen LogP contribution in [0.5, 0.6) is 0 Å². The zero-order chi connectivity index (χ0) is 93.1. The van der Waals surface area contributed by atoms with Crippen molar-refractivity contribution in [3.8, 4) is 0 Å². The smallest absolute Gasteiger partial charge is 0.329 e. The lowest BCUT2D eigenvalue weighted by Crippen LogP contribution is -2.62. The number of unbranched alkanes of at least 4 members (excludes halogenated alkanes) is 4. The summed E-state index contributed by atoms with van der Waals surface area (Å²) in [4.78, 5) is 278. The molecule has 16 atom stereocenters. The number of ether oxygens (including phenoxy) is 1. The molecule has 0 aromatic carbocycles. The number of nitrogens with one attached hydrogen (secondary N) is 14. The lowest BCUT2D eigenvalue weighted by molar-refractivity contribution is -0.152. The standard InChI is InChI=1S/C81H140N18O23/c1-17-19-20-21-22-23-48(100)38-63(105)86-47(16)68(108)87-53(28-33-64(106)107)69(109)88-51(26-31-61(84)103)72(112)97-65(44(11)12)79(119)94-57(37-43(9)10)76(116)90-50(25-30-60(83)102)71(111)96-58-39-122-81(121)67(46(15)18-2)99-73(113)52(27-32-62(85)104)91-74(114)54(34-40(3)4)93-77(117)55(35-41(5)6)92-70(110)49(24-29-59(82)101)89-75(115)56(36-42(7)8)95-80(120)66(45(13)14)98-78(58)118/h40-58,65-67,100H,17-39H2,1-16H3,(H2,82,101)(H2,83,102)(H2,84,103)(H2,85,104)(H,86,105)(H,87,108)(H,88,109)(H,89,115)(H,90,116)(H,91,114)(H,92,110)(H,93,117)(H,94,119)(H,95,120)(H,96,111)(H,97,112)(H,98,118)(H,99,113)(H,106,107)/t46-,47-,48+,49+,50-,51+,52+,53+,54-,55-,56+,57+,58+,65+,66+,67-/m0/s1. The number of cyclic esters (lactones) is 1. The first-order chi connectivity index (χ1) is 56.9. The normalized spacial score (nSPS) is 20.8. The number of carboxylic acid groups (broad SMARTS) is 1. The van der Waals surface area contributed by atoms with Gasteiger partial charge in [0.15, 0.2) is 0 Å². The molecule has 0 aliphatic carbocycles. The number of esters is 1. The number of amides is 18. The molecule has 1 saturated heterocycles. The molecule has 0 radical (unpaired) electrons. The van der Waals surface area contributed by atoms with E-state index in [1.165, 1.54) is 41.5 Å². The molecule has 1 fully saturated rings. The second-order valence-electron chi connectivity index (χ2n) is 33.9. The van der Waals surface area contributed by atoms with Crippen LogP contribution < -0.4 is 97.4 Å². The van der Waals surface area contributed by atoms with Crippen molar-refractivity contribution in [3.05, 3.63) is 0 Å². The molecule has 122 heavy (non-hydrogen) atoms. The Hall–Kier alpha value is -10.6. The van der Waals surface area contributed by atoms with Crippen molar-refractivity contribution < 1.29 is 111 Å². The molecule has 0 spiro atoms. The van der Waals surface area contributed by atoms with Crippen LogP contribution in [0.2, 0.25) is 0 Å². The molecule has 1 aliphatic rings. The summed E-state index contributed by atoms with van der Waals surface area (Å²) < 4.78 is 5.78. The third-order valence-corrected chi connectivity index (χ3v) is 20.0. The number of carbonyl (C=O) groups excluding carboxylic acids is 19. The zero-order valence-corrected chi connectivity index (χ0v) is 73.7. The quantitative estimate of drug-likeness (QED) is 0.0230. The van der Waals surface area contributed by atoms with Crippen molar-refractivity contribution in [2.45, 2.75) is 343 Å². The average molecular weight is 1730 g/mol. The van der Waals surface area contributed by atoms with Crippen LogP contribution in [0.4, 0.5) is 0 Å². The Morgan fingerprint density at radius 2 is 0.811 bits per heavy atom. The average Bonchev–Trinajstić information content (AvgIpc) is 1.24. The van der Waals surface area contributed by atoms with Crippen molar-refractivity contribution in [2.24, 2.45) is 64.4 Å². The molecule has 24 N–H and O–H groups in total. The fourth-order valence-electron chi connectivity index (χ4n) is 12.9. The number of primary amides is 4. The van der Waals surface area contributed by atoms with E-state index >= 15 is 9.59 Å². The highest BCUT2D eigenvalue weighted by Crippen LogP contribution is 2.19. The van der Waals surface area contributed by atoms with Gasteiger partial charge in [-0.1, -0.05) is 142 Å². The van der Waals surface area contributed by atoms with Crippen molar-refractivity contribution >= 4 is 118 Å². The van der Waals surface area contributed by atoms with Gasteiger partial charge in [-0.25, -0.2) is 4.79 Å². The van der Waals surface area contributed by atoms with Crippen LogP contribution in [0.25, 0.3) is 0 Å². The number of hydrogen-bond acceptors (Lipinski definition) is 22. The van der Waals surface area contributed by atoms with Crippen LogP contribution >= 0.6 is 0 Å². The van der Waals surface area contributed by atoms with Gasteiger partial charge in [0.2, 0.25) is 106 Å². The van der Waals surface area contributed by atoms with E-state index in [0.717, 1.165) is 25.7 Å². The van der Waals surface area contributed by atoms with E-state index in [2.05, 4.69) is 81.4 Å². The van der Waals surface area contributed by atoms with Crippen LogP contribution in [-0.4, -0.2) is 226 Å². The van der Waals surface area contributed by atoms with E-state index in [4.69, 9.17) is 27.7 Å². The number of hydrogen-bond donors (Lipinski definition) is 20. The van der Waals surface area contributed by atoms with Crippen LogP contribution in [0.15, 0.2) is 0 Å². The lowest BCUT2D eigenvalue weighted by atomic mass is 9.97. The minimum atomic E-state index is -2.11. The van der Waals surface area contributed by atoms with Crippen molar-refractivity contribution in [3.63, 3.8) is 0 Å². The van der Waals surface area contributed by atoms with Gasteiger partial charge >= 0.3 is 11.9 Å². The predicted octanol–water partition coefficient (Wildman–Crippen LogP) is -2.07. The molecule has 0 bridgehead atoms. The van der Waals surface area contributed by atoms with Gasteiger partial charge in [0.05, 0.1) is 12.5 Å². The maximum atomic E-state index is 15.1. The van der Waals surface area contributed by atoms with Gasteiger partial charge in [-0.15, -0.1) is 0 Å². The molecule has 41 nitrogen and oxygen atoms in total. The number of carbonyl (C=O) groups is 20. The molecule has 0 aromatic heterocycles. The second-order valence-corrected chi connectivity index (χ2v) is 33.9. The van der Waals surface area contributed by atoms with Gasteiger partial charge in [0.1, 0.15) is 91.2 Å². The maximum absolute atomic E-state index is 15.1. The Bertz CT molecular complexity index is 3560. The Balaban J connectivity index is 4.20. The van der Waals surface area contributed by atoms with Gasteiger partial charge in [-0.05, 0) is 113 Å². The molecule has 18 amide bonds. The topological polar surface area (TPSA) is 664 Å². The first-order valence-corrected chi connectivity index (χ1v) is 42.4. The predicted molar refractivity (Wildman–Crippen MR) is 445 cm³/mol. The fourth-order valence-corrected chi connectivity index (χ4v) is 12.9. The zero-order valence-electron chi connectivity index (χ0n) is 73.7. The third kappa shape index (κ3) is 43.2. The molecular weight excluding hydrogens is 1590 g/mol. The largest absolute Gasteiger partial charge is 0.481 e. The van der Waals surface area contributed by atoms with Gasteiger partial charge in [0, 0.05) is 32.1 Å². The molecule has 0 unspecified atom stereocenters. The summed E-state index contributed by atoms with van der Waals surface area (Å²) >= 11 is 0. The first kappa shape index (κ1) is 109. The van der Waals surface area contributed by atoms with Gasteiger partial charge in [-0.3, -0.25) is 91.1 Å². The van der Waals surface area contributed by atoms with E-state index < -0.39 is 303 Å². The van der Waals surface area contributed by atoms with Crippen LogP contribution in [0.3, 0.4) is 0 Å². The first-order valence-electron chi connectivity index (χ1n) is 42.4. The fraction of sp³-hybridized carbons (Fsp3) is 0.753. The second kappa shape index (κ2) is 56.1. The number of carboxylic acids is 1. The Morgan fingerprint density at radius 1 is 0.418 bits per heavy atom. The van der Waals surface area contributed by atoms with Crippen LogP contribution in [0.1, 0.15) is 252 Å². The highest BCUT2D eigenvalue weighted by atomic mass is 16.5. The van der Waals surface area contributed by atoms with Crippen molar-refractivity contribution in [1.29, 1.82) is 0 Å². The molecule has 1 heterocycles. The minimum Gasteiger partial charge on any atom is -0.481 e. The molecule has 0 aromatic rings. The summed E-state index contributed by atoms with van der Waals surface area (Å²) in [6.07, 6.45) is -2.33. The third-order valence-electron chi connectivity index (χ3n) is 20.0. The Labute approximate surface area is 714 Å². The Kier molecular flexibility index (Phi) is 50.3. The summed E-state index contributed by atoms with van der Waals surface area (Å²) in [5, 5.41) is 55.3. The molecule has 1 aliphatic heterocycles. The van der Waals surface area contributed by atoms with E-state index in [9.17, 15) is 96.5 Å². The minimum absolute atomic E-state index is 0.0473. The molecular formula is C81H140N18O23. The number of rotatable bonds is 48. The van der Waals surface area contributed by atoms with E-state index in [1.807, 2.05) is 0 Å². The van der Waals surface area contributed by atoms with Gasteiger partial charge in [-0.2, -0.15) is 0 Å². The SMILES string of the molecule is CCCCCCC[C@@H](O)CC(=O)N[C@@H](C)C(=O)N[C@H](CCC(=O)O)C(=O)N[C@H](CCC(N)=O)C(=O)N[C@@H](C(=O)N[C@H](CC(C)C)C(=O)N[C@@H](CCC(N)=O)C(=O)N[C@@H]1COC(=O)[C@H]([C@@H](C)CC)NC(=O)[C@@H](CCC(N)=O)NC(=O)[C@H](CC(C)C)NC(=O)[C@H](CC(C)C)NC(=O)[C@@H](CCC(N)=O)NC(=O)[C@@H](CC(C)C)NC(=O)[C@@H](C(C)C)NC1=O)C(C)C. The van der Waals surface area contributed by atoms with E-state index in [-0.39, 0.29) is 56.3 Å². The summed E-state index contributed by atoms with van der Waals surface area (Å²) in [6, 6.07) is -22.9. The monoisotopic (exact) mass is 1730 g/mol. The lowest BCUT2D eigenvalue weighted by Gasteiger charge is -2.30. The van der Waals surface area contributed by atoms with E-state index in [1.54, 1.807) is 62.3 Å². The maximum Gasteiger partial charge on any atom is 0.329 e. The molecule has 692 valence electrons. The molecule has 1 rings (SSSR count). The van der Waals surface area contributed by atoms with Crippen molar-refractivity contribution in [1.82, 2.24) is 74.4 Å². The van der Waals surface area contributed by atoms with Crippen LogP contribution in [-0.2, 0) is 101 Å².